The van der Waals surface area contributed by atoms with Crippen LogP contribution in [0.15, 0.2) is 42.5 Å². The largest absolute Gasteiger partial charge is 0.336 e. The van der Waals surface area contributed by atoms with Crippen molar-refractivity contribution in [2.24, 2.45) is 0 Å². The van der Waals surface area contributed by atoms with Gasteiger partial charge in [-0.25, -0.2) is 4.39 Å². The molecular formula is C22H20ClFN2O3. The number of imide groups is 1. The Labute approximate surface area is 172 Å². The van der Waals surface area contributed by atoms with Crippen molar-refractivity contribution in [3.8, 4) is 11.1 Å². The minimum Gasteiger partial charge on any atom is -0.336 e. The predicted molar refractivity (Wildman–Crippen MR) is 107 cm³/mol. The Kier molecular flexibility index (Phi) is 5.37. The van der Waals surface area contributed by atoms with Crippen LogP contribution in [0, 0.1) is 0 Å². The third-order valence-electron chi connectivity index (χ3n) is 5.51. The Bertz CT molecular complexity index is 977. The van der Waals surface area contributed by atoms with Crippen LogP contribution >= 0.6 is 11.6 Å². The van der Waals surface area contributed by atoms with Gasteiger partial charge in [0.15, 0.2) is 6.17 Å². The van der Waals surface area contributed by atoms with E-state index in [9.17, 15) is 18.8 Å². The zero-order chi connectivity index (χ0) is 20.5. The Balaban J connectivity index is 1.55. The molecule has 2 saturated heterocycles. The van der Waals surface area contributed by atoms with Gasteiger partial charge >= 0.3 is 0 Å². The van der Waals surface area contributed by atoms with Crippen molar-refractivity contribution in [3.63, 3.8) is 0 Å². The van der Waals surface area contributed by atoms with Gasteiger partial charge < -0.3 is 4.90 Å². The summed E-state index contributed by atoms with van der Waals surface area (Å²) in [5, 5.41) is 2.86. The van der Waals surface area contributed by atoms with Gasteiger partial charge in [0, 0.05) is 31.5 Å². The van der Waals surface area contributed by atoms with E-state index in [0.717, 1.165) is 16.7 Å². The molecule has 2 aromatic rings. The lowest BCUT2D eigenvalue weighted by Gasteiger charge is -2.23. The van der Waals surface area contributed by atoms with Gasteiger partial charge in [-0.2, -0.15) is 0 Å². The average molecular weight is 415 g/mol. The van der Waals surface area contributed by atoms with Crippen LogP contribution in [-0.2, 0) is 20.9 Å². The third-order valence-corrected chi connectivity index (χ3v) is 5.94. The number of piperidine rings is 1. The summed E-state index contributed by atoms with van der Waals surface area (Å²) < 4.78 is 13.4. The van der Waals surface area contributed by atoms with E-state index in [1.165, 1.54) is 4.90 Å². The monoisotopic (exact) mass is 414 g/mol. The number of nitrogens with zero attached hydrogens (tertiary/aromatic N) is 1. The summed E-state index contributed by atoms with van der Waals surface area (Å²) >= 11 is 6.63. The van der Waals surface area contributed by atoms with Crippen LogP contribution in [0.3, 0.4) is 0 Å². The molecule has 29 heavy (non-hydrogen) atoms. The standard InChI is InChI=1S/C22H20ClFN2O3/c23-20-15(2-1-3-16(20)17-8-9-19(27)25-21(17)28)14-6-4-13(5-7-14)12-26-11-10-18(24)22(26)29/h1-7,17-18H,8-12H2,(H,25,27,28). The van der Waals surface area contributed by atoms with Crippen molar-refractivity contribution in [2.45, 2.75) is 37.9 Å². The lowest BCUT2D eigenvalue weighted by Crippen LogP contribution is -2.39. The van der Waals surface area contributed by atoms with Crippen LogP contribution in [0.5, 0.6) is 0 Å². The van der Waals surface area contributed by atoms with Gasteiger partial charge in [-0.15, -0.1) is 0 Å². The smallest absolute Gasteiger partial charge is 0.257 e. The van der Waals surface area contributed by atoms with E-state index < -0.39 is 18.0 Å². The number of amides is 3. The van der Waals surface area contributed by atoms with Gasteiger partial charge in [0.1, 0.15) is 0 Å². The van der Waals surface area contributed by atoms with Crippen LogP contribution in [0.2, 0.25) is 5.02 Å². The van der Waals surface area contributed by atoms with Crippen molar-refractivity contribution >= 4 is 29.3 Å². The Morgan fingerprint density at radius 3 is 2.48 bits per heavy atom. The highest BCUT2D eigenvalue weighted by Crippen LogP contribution is 2.37. The first-order valence-electron chi connectivity index (χ1n) is 9.58. The summed E-state index contributed by atoms with van der Waals surface area (Å²) in [5.41, 5.74) is 3.29. The molecule has 7 heteroatoms. The van der Waals surface area contributed by atoms with Gasteiger partial charge in [0.2, 0.25) is 11.8 Å². The molecule has 2 unspecified atom stereocenters. The maximum Gasteiger partial charge on any atom is 0.257 e. The first-order valence-corrected chi connectivity index (χ1v) is 9.96. The van der Waals surface area contributed by atoms with Crippen LogP contribution in [0.25, 0.3) is 11.1 Å². The van der Waals surface area contributed by atoms with E-state index >= 15 is 0 Å². The van der Waals surface area contributed by atoms with E-state index in [0.29, 0.717) is 36.5 Å². The molecule has 0 bridgehead atoms. The van der Waals surface area contributed by atoms with Crippen molar-refractivity contribution in [1.82, 2.24) is 10.2 Å². The normalized spacial score (nSPS) is 22.1. The number of carbonyl (C=O) groups excluding carboxylic acids is 3. The molecule has 2 fully saturated rings. The SMILES string of the molecule is O=C1CCC(c2cccc(-c3ccc(CN4CCC(F)C4=O)cc3)c2Cl)C(=O)N1. The van der Waals surface area contributed by atoms with E-state index in [2.05, 4.69) is 5.32 Å². The first-order chi connectivity index (χ1) is 13.9. The van der Waals surface area contributed by atoms with Crippen molar-refractivity contribution in [2.75, 3.05) is 6.54 Å². The average Bonchev–Trinajstić information content (AvgIpc) is 3.02. The molecule has 150 valence electrons. The molecule has 2 aliphatic rings. The topological polar surface area (TPSA) is 66.5 Å². The number of carbonyl (C=O) groups is 3. The Hall–Kier alpha value is -2.73. The minimum atomic E-state index is -1.39. The zero-order valence-electron chi connectivity index (χ0n) is 15.7. The lowest BCUT2D eigenvalue weighted by molar-refractivity contribution is -0.134. The fourth-order valence-electron chi connectivity index (χ4n) is 3.90. The summed E-state index contributed by atoms with van der Waals surface area (Å²) in [6.07, 6.45) is -0.407. The van der Waals surface area contributed by atoms with E-state index in [1.807, 2.05) is 42.5 Å². The first kappa shape index (κ1) is 19.6. The summed E-state index contributed by atoms with van der Waals surface area (Å²) in [6.45, 7) is 0.811. The summed E-state index contributed by atoms with van der Waals surface area (Å²) in [7, 11) is 0. The number of rotatable bonds is 4. The molecule has 2 heterocycles. The number of benzene rings is 2. The summed E-state index contributed by atoms with van der Waals surface area (Å²) in [5.74, 6) is -1.48. The van der Waals surface area contributed by atoms with Crippen molar-refractivity contribution in [3.05, 3.63) is 58.6 Å². The molecule has 2 atom stereocenters. The van der Waals surface area contributed by atoms with Crippen molar-refractivity contribution in [1.29, 1.82) is 0 Å². The minimum absolute atomic E-state index is 0.250. The second kappa shape index (κ2) is 7.95. The maximum atomic E-state index is 13.4. The lowest BCUT2D eigenvalue weighted by atomic mass is 9.88. The third kappa shape index (κ3) is 3.90. The number of nitrogens with one attached hydrogen (secondary N) is 1. The molecule has 3 amide bonds. The molecular weight excluding hydrogens is 395 g/mol. The molecule has 0 aliphatic carbocycles. The number of hydrogen-bond acceptors (Lipinski definition) is 3. The van der Waals surface area contributed by atoms with Crippen LogP contribution in [-0.4, -0.2) is 35.3 Å². The van der Waals surface area contributed by atoms with Gasteiger partial charge in [0.05, 0.1) is 10.9 Å². The fourth-order valence-corrected chi connectivity index (χ4v) is 4.27. The molecule has 2 aromatic carbocycles. The van der Waals surface area contributed by atoms with Crippen LogP contribution in [0.1, 0.15) is 36.3 Å². The molecule has 0 radical (unpaired) electrons. The predicted octanol–water partition coefficient (Wildman–Crippen LogP) is 3.60. The fraction of sp³-hybridized carbons (Fsp3) is 0.318. The summed E-state index contributed by atoms with van der Waals surface area (Å²) in [4.78, 5) is 36.9. The highest BCUT2D eigenvalue weighted by molar-refractivity contribution is 6.34. The maximum absolute atomic E-state index is 13.4. The van der Waals surface area contributed by atoms with Crippen LogP contribution in [0.4, 0.5) is 4.39 Å². The number of hydrogen-bond donors (Lipinski definition) is 1. The van der Waals surface area contributed by atoms with Gasteiger partial charge in [0.25, 0.3) is 5.91 Å². The number of halogens is 2. The molecule has 0 spiro atoms. The van der Waals surface area contributed by atoms with Crippen molar-refractivity contribution < 1.29 is 18.8 Å². The number of likely N-dealkylation sites (tertiary alicyclic amines) is 1. The van der Waals surface area contributed by atoms with Gasteiger partial charge in [-0.3, -0.25) is 19.7 Å². The summed E-state index contributed by atoms with van der Waals surface area (Å²) in [6, 6.07) is 13.1. The second-order valence-corrected chi connectivity index (χ2v) is 7.80. The quantitative estimate of drug-likeness (QED) is 0.777. The van der Waals surface area contributed by atoms with Gasteiger partial charge in [-0.1, -0.05) is 54.1 Å². The molecule has 0 aromatic heterocycles. The zero-order valence-corrected chi connectivity index (χ0v) is 16.4. The van der Waals surface area contributed by atoms with Crippen LogP contribution < -0.4 is 5.32 Å². The Morgan fingerprint density at radius 1 is 1.07 bits per heavy atom. The van der Waals surface area contributed by atoms with E-state index in [-0.39, 0.29) is 18.2 Å². The van der Waals surface area contributed by atoms with E-state index in [4.69, 9.17) is 11.6 Å². The molecule has 1 N–H and O–H groups in total. The highest BCUT2D eigenvalue weighted by atomic mass is 35.5. The second-order valence-electron chi connectivity index (χ2n) is 7.43. The molecule has 0 saturated carbocycles. The molecule has 5 nitrogen and oxygen atoms in total. The Morgan fingerprint density at radius 2 is 1.83 bits per heavy atom. The number of alkyl halides is 1. The molecule has 2 aliphatic heterocycles. The molecule has 4 rings (SSSR count). The van der Waals surface area contributed by atoms with Gasteiger partial charge in [-0.05, 0) is 23.1 Å². The highest BCUT2D eigenvalue weighted by Gasteiger charge is 2.31. The van der Waals surface area contributed by atoms with E-state index in [1.54, 1.807) is 0 Å².